The van der Waals surface area contributed by atoms with E-state index in [9.17, 15) is 9.59 Å². The molecule has 5 rings (SSSR count). The molecule has 0 radical (unpaired) electrons. The number of H-pyrrole nitrogens is 1. The summed E-state index contributed by atoms with van der Waals surface area (Å²) in [5, 5.41) is 5.53. The number of carbonyl (C=O) groups is 2. The van der Waals surface area contributed by atoms with Crippen LogP contribution in [0.5, 0.6) is 5.75 Å². The van der Waals surface area contributed by atoms with Gasteiger partial charge >= 0.3 is 5.97 Å². The molecule has 7 nitrogen and oxygen atoms in total. The van der Waals surface area contributed by atoms with Gasteiger partial charge in [0.05, 0.1) is 22.5 Å². The lowest BCUT2D eigenvalue weighted by molar-refractivity contribution is 0.0699. The number of fused-ring (bicyclic) bond motifs is 1. The van der Waals surface area contributed by atoms with E-state index in [1.165, 1.54) is 18.5 Å². The van der Waals surface area contributed by atoms with E-state index in [0.29, 0.717) is 30.8 Å². The number of nitrogens with zero attached hydrogens (tertiary/aromatic N) is 1. The number of benzene rings is 3. The minimum atomic E-state index is -0.672. The molecule has 0 spiro atoms. The van der Waals surface area contributed by atoms with Crippen LogP contribution in [0.15, 0.2) is 91.5 Å². The highest BCUT2D eigenvalue weighted by Gasteiger charge is 2.22. The van der Waals surface area contributed by atoms with Gasteiger partial charge in [-0.05, 0) is 74.9 Å². The minimum absolute atomic E-state index is 0.0524. The molecule has 0 aliphatic rings. The summed E-state index contributed by atoms with van der Waals surface area (Å²) in [5.41, 5.74) is 5.53. The summed E-state index contributed by atoms with van der Waals surface area (Å²) in [4.78, 5) is 29.1. The first-order chi connectivity index (χ1) is 18.3. The summed E-state index contributed by atoms with van der Waals surface area (Å²) >= 11 is 15.6. The number of rotatable bonds is 6. The molecule has 0 unspecified atom stereocenters. The van der Waals surface area contributed by atoms with Crippen molar-refractivity contribution >= 4 is 95.0 Å². The molecule has 0 bridgehead atoms. The second-order valence-corrected chi connectivity index (χ2v) is 11.2. The largest absolute Gasteiger partial charge is 0.457 e. The van der Waals surface area contributed by atoms with E-state index < -0.39 is 11.9 Å². The number of ether oxygens (including phenoxy) is 1. The number of amides is 1. The Morgan fingerprint density at radius 2 is 1.89 bits per heavy atom. The van der Waals surface area contributed by atoms with Crippen LogP contribution in [0.4, 0.5) is 0 Å². The fourth-order valence-corrected chi connectivity index (χ4v) is 6.04. The summed E-state index contributed by atoms with van der Waals surface area (Å²) in [6, 6.07) is 19.7. The molecule has 3 aromatic carbocycles. The molecule has 2 N–H and O–H groups in total. The van der Waals surface area contributed by atoms with Crippen LogP contribution in [0.25, 0.3) is 22.0 Å². The van der Waals surface area contributed by atoms with Crippen LogP contribution in [0, 0.1) is 3.57 Å². The number of aromatic amines is 1. The van der Waals surface area contributed by atoms with E-state index in [2.05, 4.69) is 70.0 Å². The van der Waals surface area contributed by atoms with Gasteiger partial charge in [-0.1, -0.05) is 57.9 Å². The lowest BCUT2D eigenvalue weighted by Gasteiger charge is -2.10. The third kappa shape index (κ3) is 5.44. The number of carbonyl (C=O) groups excluding carboxylic acids is 2. The van der Waals surface area contributed by atoms with Gasteiger partial charge in [-0.15, -0.1) is 0 Å². The lowest BCUT2D eigenvalue weighted by Crippen LogP contribution is -2.19. The van der Waals surface area contributed by atoms with E-state index in [-0.39, 0.29) is 11.5 Å². The normalized spacial score (nSPS) is 11.3. The van der Waals surface area contributed by atoms with Crippen molar-refractivity contribution in [1.82, 2.24) is 10.4 Å². The fraction of sp³-hybridized carbons (Fsp3) is 0. The maximum atomic E-state index is 13.4. The second-order valence-electron chi connectivity index (χ2n) is 7.89. The highest BCUT2D eigenvalue weighted by Crippen LogP contribution is 2.38. The quantitative estimate of drug-likeness (QED) is 0.0599. The van der Waals surface area contributed by atoms with Crippen LogP contribution in [0.2, 0.25) is 5.02 Å². The first kappa shape index (κ1) is 26.7. The average Bonchev–Trinajstić information content (AvgIpc) is 3.56. The van der Waals surface area contributed by atoms with Crippen LogP contribution >= 0.6 is 66.1 Å². The molecule has 0 saturated heterocycles. The van der Waals surface area contributed by atoms with Crippen molar-refractivity contribution in [1.29, 1.82) is 0 Å². The zero-order valence-corrected chi connectivity index (χ0v) is 25.2. The zero-order chi connectivity index (χ0) is 26.8. The van der Waals surface area contributed by atoms with Gasteiger partial charge in [0.25, 0.3) is 5.91 Å². The smallest absolute Gasteiger partial charge is 0.379 e. The van der Waals surface area contributed by atoms with Crippen molar-refractivity contribution in [3.8, 4) is 16.9 Å². The average molecular weight is 768 g/mol. The van der Waals surface area contributed by atoms with E-state index >= 15 is 0 Å². The van der Waals surface area contributed by atoms with Crippen LogP contribution in [-0.4, -0.2) is 23.1 Å². The zero-order valence-electron chi connectivity index (χ0n) is 19.1. The summed E-state index contributed by atoms with van der Waals surface area (Å²) in [7, 11) is 0. The molecular formula is C27H15Br2ClIN3O4. The van der Waals surface area contributed by atoms with Gasteiger partial charge in [0.1, 0.15) is 5.69 Å². The Hall–Kier alpha value is -2.93. The Bertz CT molecular complexity index is 1720. The lowest BCUT2D eigenvalue weighted by atomic mass is 10.0. The van der Waals surface area contributed by atoms with E-state index in [1.807, 2.05) is 36.4 Å². The van der Waals surface area contributed by atoms with Gasteiger partial charge in [0.15, 0.2) is 5.75 Å². The highest BCUT2D eigenvalue weighted by atomic mass is 127. The van der Waals surface area contributed by atoms with E-state index in [4.69, 9.17) is 20.8 Å². The first-order valence-corrected chi connectivity index (χ1v) is 14.0. The Balaban J connectivity index is 1.47. The van der Waals surface area contributed by atoms with Crippen molar-refractivity contribution < 1.29 is 18.7 Å². The number of hydrogen-bond acceptors (Lipinski definition) is 5. The molecule has 5 aromatic rings. The van der Waals surface area contributed by atoms with Gasteiger partial charge in [0, 0.05) is 35.1 Å². The summed E-state index contributed by atoms with van der Waals surface area (Å²) < 4.78 is 12.8. The monoisotopic (exact) mass is 765 g/mol. The third-order valence-electron chi connectivity index (χ3n) is 5.48. The number of nitrogens with one attached hydrogen (secondary N) is 2. The van der Waals surface area contributed by atoms with Crippen LogP contribution in [-0.2, 0) is 0 Å². The van der Waals surface area contributed by atoms with Crippen LogP contribution < -0.4 is 10.2 Å². The Labute approximate surface area is 252 Å². The predicted octanol–water partition coefficient (Wildman–Crippen LogP) is 8.19. The maximum absolute atomic E-state index is 13.4. The van der Waals surface area contributed by atoms with Crippen molar-refractivity contribution in [3.63, 3.8) is 0 Å². The molecule has 2 aromatic heterocycles. The number of esters is 1. The third-order valence-corrected chi connectivity index (χ3v) is 7.75. The first-order valence-electron chi connectivity index (χ1n) is 11.0. The van der Waals surface area contributed by atoms with E-state index in [1.54, 1.807) is 24.3 Å². The topological polar surface area (TPSA) is 96.7 Å². The molecule has 2 heterocycles. The molecule has 0 atom stereocenters. The Morgan fingerprint density at radius 1 is 1.08 bits per heavy atom. The number of halogens is 4. The summed E-state index contributed by atoms with van der Waals surface area (Å²) in [6.07, 6.45) is 2.77. The maximum Gasteiger partial charge on any atom is 0.379 e. The fourth-order valence-electron chi connectivity index (χ4n) is 3.83. The number of aromatic nitrogens is 1. The standard InChI is InChI=1S/C27H15Br2ClIN3O4/c28-15-11-14(25(18(29)12-15)38-27(36)21-9-4-10-37-21)13-32-34-26(35)24-22(16-5-1-2-7-19(16)30)17-6-3-8-20(31)23(17)33-24/h1-13,33H,(H,34,35). The highest BCUT2D eigenvalue weighted by molar-refractivity contribution is 14.1. The molecule has 38 heavy (non-hydrogen) atoms. The molecule has 0 aliphatic carbocycles. The minimum Gasteiger partial charge on any atom is -0.457 e. The SMILES string of the molecule is O=C(Oc1c(Br)cc(Br)cc1C=NNC(=O)c1[nH]c2c(I)cccc2c1-c1ccccc1Cl)c1ccco1. The molecule has 190 valence electrons. The summed E-state index contributed by atoms with van der Waals surface area (Å²) in [6.45, 7) is 0. The van der Waals surface area contributed by atoms with Crippen molar-refractivity contribution in [3.05, 3.63) is 108 Å². The number of hydrazone groups is 1. The molecule has 11 heteroatoms. The van der Waals surface area contributed by atoms with Crippen molar-refractivity contribution in [2.75, 3.05) is 0 Å². The predicted molar refractivity (Wildman–Crippen MR) is 162 cm³/mol. The molecule has 0 aliphatic heterocycles. The van der Waals surface area contributed by atoms with Gasteiger partial charge in [-0.3, -0.25) is 4.79 Å². The Kier molecular flexibility index (Phi) is 8.03. The van der Waals surface area contributed by atoms with Crippen molar-refractivity contribution in [2.24, 2.45) is 5.10 Å². The van der Waals surface area contributed by atoms with Crippen molar-refractivity contribution in [2.45, 2.75) is 0 Å². The number of hydrogen-bond donors (Lipinski definition) is 2. The number of para-hydroxylation sites is 1. The summed E-state index contributed by atoms with van der Waals surface area (Å²) in [5.74, 6) is -0.874. The van der Waals surface area contributed by atoms with Gasteiger partial charge in [-0.25, -0.2) is 10.2 Å². The van der Waals surface area contributed by atoms with Gasteiger partial charge in [0.2, 0.25) is 5.76 Å². The van der Waals surface area contributed by atoms with Crippen LogP contribution in [0.3, 0.4) is 0 Å². The molecule has 1 amide bonds. The second kappa shape index (κ2) is 11.4. The van der Waals surface area contributed by atoms with Gasteiger partial charge < -0.3 is 14.1 Å². The van der Waals surface area contributed by atoms with Gasteiger partial charge in [-0.2, -0.15) is 5.10 Å². The molecule has 0 fully saturated rings. The molecular weight excluding hydrogens is 752 g/mol. The molecule has 0 saturated carbocycles. The number of furan rings is 1. The van der Waals surface area contributed by atoms with Crippen LogP contribution in [0.1, 0.15) is 26.6 Å². The van der Waals surface area contributed by atoms with E-state index in [0.717, 1.165) is 20.0 Å². The Morgan fingerprint density at radius 3 is 2.66 bits per heavy atom.